The number of rotatable bonds is 6. The van der Waals surface area contributed by atoms with Gasteiger partial charge in [0.25, 0.3) is 0 Å². The number of aryl methyl sites for hydroxylation is 2. The normalized spacial score (nSPS) is 15.7. The lowest BCUT2D eigenvalue weighted by molar-refractivity contribution is -0.117. The molecule has 3 rings (SSSR count). The molecule has 0 spiro atoms. The summed E-state index contributed by atoms with van der Waals surface area (Å²) >= 11 is 0. The van der Waals surface area contributed by atoms with Crippen molar-refractivity contribution in [3.05, 3.63) is 53.1 Å². The van der Waals surface area contributed by atoms with E-state index in [4.69, 9.17) is 4.74 Å². The number of hydrogen-bond donors (Lipinski definition) is 1. The first-order chi connectivity index (χ1) is 13.2. The molecule has 6 nitrogen and oxygen atoms in total. The minimum atomic E-state index is -3.77. The molecule has 1 amide bonds. The molecule has 0 aromatic heterocycles. The molecule has 0 saturated carbocycles. The molecule has 150 valence electrons. The topological polar surface area (TPSA) is 75.7 Å². The second-order valence-electron chi connectivity index (χ2n) is 7.19. The maximum absolute atomic E-state index is 13.0. The minimum Gasteiger partial charge on any atom is -0.495 e. The van der Waals surface area contributed by atoms with Crippen LogP contribution in [-0.2, 0) is 14.8 Å². The number of hydrogen-bond acceptors (Lipinski definition) is 4. The van der Waals surface area contributed by atoms with E-state index in [1.165, 1.54) is 19.2 Å². The number of ether oxygens (including phenoxy) is 1. The maximum atomic E-state index is 13.0. The summed E-state index contributed by atoms with van der Waals surface area (Å²) in [5.74, 6) is 0.459. The summed E-state index contributed by atoms with van der Waals surface area (Å²) in [4.78, 5) is 13.8. The third-order valence-electron chi connectivity index (χ3n) is 5.05. The van der Waals surface area contributed by atoms with E-state index in [9.17, 15) is 13.2 Å². The first kappa shape index (κ1) is 20.4. The van der Waals surface area contributed by atoms with Crippen LogP contribution in [0.2, 0.25) is 0 Å². The lowest BCUT2D eigenvalue weighted by atomic mass is 10.0. The van der Waals surface area contributed by atoms with E-state index in [1.54, 1.807) is 11.0 Å². The van der Waals surface area contributed by atoms with E-state index < -0.39 is 10.0 Å². The predicted octanol–water partition coefficient (Wildman–Crippen LogP) is 3.48. The zero-order valence-electron chi connectivity index (χ0n) is 16.7. The Morgan fingerprint density at radius 2 is 1.89 bits per heavy atom. The Morgan fingerprint density at radius 1 is 1.14 bits per heavy atom. The molecule has 2 aromatic carbocycles. The summed E-state index contributed by atoms with van der Waals surface area (Å²) in [6.45, 7) is 6.36. The van der Waals surface area contributed by atoms with Gasteiger partial charge in [-0.25, -0.2) is 13.1 Å². The van der Waals surface area contributed by atoms with Crippen LogP contribution in [-0.4, -0.2) is 28.0 Å². The molecule has 0 aliphatic carbocycles. The number of carbonyl (C=O) groups excluding carboxylic acids is 1. The van der Waals surface area contributed by atoms with Crippen molar-refractivity contribution >= 4 is 21.6 Å². The van der Waals surface area contributed by atoms with E-state index in [0.29, 0.717) is 24.4 Å². The maximum Gasteiger partial charge on any atom is 0.241 e. The van der Waals surface area contributed by atoms with Crippen molar-refractivity contribution in [2.75, 3.05) is 18.6 Å². The lowest BCUT2D eigenvalue weighted by Gasteiger charge is -2.21. The molecule has 0 bridgehead atoms. The Kier molecular flexibility index (Phi) is 5.76. The number of methoxy groups -OCH3 is 1. The smallest absolute Gasteiger partial charge is 0.241 e. The summed E-state index contributed by atoms with van der Waals surface area (Å²) < 4.78 is 34.1. The zero-order chi connectivity index (χ0) is 20.5. The summed E-state index contributed by atoms with van der Waals surface area (Å²) in [6.07, 6.45) is 1.21. The van der Waals surface area contributed by atoms with Crippen LogP contribution in [0.1, 0.15) is 42.5 Å². The monoisotopic (exact) mass is 402 g/mol. The van der Waals surface area contributed by atoms with Crippen LogP contribution < -0.4 is 14.4 Å². The highest BCUT2D eigenvalue weighted by Gasteiger charge is 2.27. The Labute approximate surface area is 166 Å². The molecule has 2 aromatic rings. The fourth-order valence-electron chi connectivity index (χ4n) is 3.63. The van der Waals surface area contributed by atoms with Gasteiger partial charge in [-0.1, -0.05) is 23.8 Å². The number of benzene rings is 2. The predicted molar refractivity (Wildman–Crippen MR) is 109 cm³/mol. The van der Waals surface area contributed by atoms with Crippen molar-refractivity contribution in [2.45, 2.75) is 44.6 Å². The number of nitrogens with one attached hydrogen (secondary N) is 1. The van der Waals surface area contributed by atoms with Crippen LogP contribution >= 0.6 is 0 Å². The highest BCUT2D eigenvalue weighted by molar-refractivity contribution is 7.89. The molecule has 28 heavy (non-hydrogen) atoms. The average Bonchev–Trinajstić information content (AvgIpc) is 3.06. The van der Waals surface area contributed by atoms with Crippen LogP contribution in [0.5, 0.6) is 5.75 Å². The van der Waals surface area contributed by atoms with Crippen molar-refractivity contribution in [1.82, 2.24) is 4.72 Å². The highest BCUT2D eigenvalue weighted by Crippen LogP contribution is 2.34. The van der Waals surface area contributed by atoms with Gasteiger partial charge in [0.2, 0.25) is 15.9 Å². The third kappa shape index (κ3) is 4.05. The van der Waals surface area contributed by atoms with Crippen LogP contribution in [0.25, 0.3) is 0 Å². The Hall–Kier alpha value is -2.38. The van der Waals surface area contributed by atoms with E-state index in [-0.39, 0.29) is 16.8 Å². The fourth-order valence-corrected chi connectivity index (χ4v) is 4.87. The Bertz CT molecular complexity index is 1000. The number of amides is 1. The summed E-state index contributed by atoms with van der Waals surface area (Å²) in [7, 11) is -2.26. The van der Waals surface area contributed by atoms with Crippen LogP contribution in [0.4, 0.5) is 5.69 Å². The molecule has 1 atom stereocenters. The van der Waals surface area contributed by atoms with E-state index in [1.807, 2.05) is 39.0 Å². The number of sulfonamides is 1. The number of anilines is 1. The SMILES string of the molecule is COc1ccc(S(=O)(=O)NC(C)c2ccc(C)cc2C)cc1N1CCCC1=O. The quantitative estimate of drug-likeness (QED) is 0.803. The van der Waals surface area contributed by atoms with Crippen molar-refractivity contribution in [1.29, 1.82) is 0 Å². The Morgan fingerprint density at radius 3 is 2.50 bits per heavy atom. The zero-order valence-corrected chi connectivity index (χ0v) is 17.5. The van der Waals surface area contributed by atoms with Crippen molar-refractivity contribution < 1.29 is 17.9 Å². The Balaban J connectivity index is 1.92. The van der Waals surface area contributed by atoms with Gasteiger partial charge in [0.1, 0.15) is 5.75 Å². The van der Waals surface area contributed by atoms with E-state index in [0.717, 1.165) is 23.1 Å². The van der Waals surface area contributed by atoms with Crippen molar-refractivity contribution in [3.8, 4) is 5.75 Å². The van der Waals surface area contributed by atoms with Crippen LogP contribution in [0.3, 0.4) is 0 Å². The highest BCUT2D eigenvalue weighted by atomic mass is 32.2. The van der Waals surface area contributed by atoms with Gasteiger partial charge in [0.05, 0.1) is 17.7 Å². The molecule has 1 saturated heterocycles. The third-order valence-corrected chi connectivity index (χ3v) is 6.59. The largest absolute Gasteiger partial charge is 0.495 e. The van der Waals surface area contributed by atoms with Gasteiger partial charge in [0, 0.05) is 19.0 Å². The summed E-state index contributed by atoms with van der Waals surface area (Å²) in [5, 5.41) is 0. The molecular formula is C21H26N2O4S. The molecule has 1 fully saturated rings. The second-order valence-corrected chi connectivity index (χ2v) is 8.90. The van der Waals surface area contributed by atoms with Gasteiger partial charge in [-0.05, 0) is 56.5 Å². The first-order valence-corrected chi connectivity index (χ1v) is 10.8. The standard InChI is InChI=1S/C21H26N2O4S/c1-14-7-9-18(15(2)12-14)16(3)22-28(25,26)17-8-10-20(27-4)19(13-17)23-11-5-6-21(23)24/h7-10,12-13,16,22H,5-6,11H2,1-4H3. The molecule has 1 aliphatic heterocycles. The van der Waals surface area contributed by atoms with Gasteiger partial charge in [-0.3, -0.25) is 4.79 Å². The van der Waals surface area contributed by atoms with Crippen molar-refractivity contribution in [2.24, 2.45) is 0 Å². The molecular weight excluding hydrogens is 376 g/mol. The number of nitrogens with zero attached hydrogens (tertiary/aromatic N) is 1. The molecule has 1 unspecified atom stereocenters. The lowest BCUT2D eigenvalue weighted by Crippen LogP contribution is -2.28. The molecule has 7 heteroatoms. The summed E-state index contributed by atoms with van der Waals surface area (Å²) in [6, 6.07) is 10.2. The fraction of sp³-hybridized carbons (Fsp3) is 0.381. The van der Waals surface area contributed by atoms with Crippen LogP contribution in [0, 0.1) is 13.8 Å². The average molecular weight is 403 g/mol. The molecule has 1 heterocycles. The molecule has 1 N–H and O–H groups in total. The summed E-state index contributed by atoms with van der Waals surface area (Å²) in [5.41, 5.74) is 3.59. The number of carbonyl (C=O) groups is 1. The van der Waals surface area contributed by atoms with E-state index >= 15 is 0 Å². The molecule has 0 radical (unpaired) electrons. The van der Waals surface area contributed by atoms with E-state index in [2.05, 4.69) is 4.72 Å². The van der Waals surface area contributed by atoms with Crippen LogP contribution in [0.15, 0.2) is 41.3 Å². The van der Waals surface area contributed by atoms with Gasteiger partial charge in [0.15, 0.2) is 0 Å². The van der Waals surface area contributed by atoms with Gasteiger partial charge in [-0.15, -0.1) is 0 Å². The second kappa shape index (κ2) is 7.93. The minimum absolute atomic E-state index is 0.0237. The molecule has 1 aliphatic rings. The van der Waals surface area contributed by atoms with Gasteiger partial charge in [-0.2, -0.15) is 0 Å². The first-order valence-electron chi connectivity index (χ1n) is 9.31. The van der Waals surface area contributed by atoms with Gasteiger partial charge < -0.3 is 9.64 Å². The van der Waals surface area contributed by atoms with Gasteiger partial charge >= 0.3 is 0 Å². The van der Waals surface area contributed by atoms with Crippen molar-refractivity contribution in [3.63, 3.8) is 0 Å².